The lowest BCUT2D eigenvalue weighted by atomic mass is 9.82. The fourth-order valence-electron chi connectivity index (χ4n) is 3.45. The number of halogens is 2. The number of amides is 1. The highest BCUT2D eigenvalue weighted by atomic mass is 35.5. The van der Waals surface area contributed by atoms with Gasteiger partial charge in [-0.25, -0.2) is 9.18 Å². The van der Waals surface area contributed by atoms with E-state index < -0.39 is 17.7 Å². The highest BCUT2D eigenvalue weighted by Crippen LogP contribution is 2.41. The number of esters is 1. The SMILES string of the molecule is COCCOC(=O)C1=C(C)NC(SCC(=O)Nc2ccc(F)cc2)=C(C#N)C1c1ccc(Cl)cc1. The molecule has 0 aromatic heterocycles. The summed E-state index contributed by atoms with van der Waals surface area (Å²) < 4.78 is 23.4. The first-order valence-corrected chi connectivity index (χ1v) is 11.9. The number of hydrogen-bond acceptors (Lipinski definition) is 7. The van der Waals surface area contributed by atoms with Gasteiger partial charge >= 0.3 is 5.97 Å². The summed E-state index contributed by atoms with van der Waals surface area (Å²) in [5, 5.41) is 16.8. The van der Waals surface area contributed by atoms with E-state index in [-0.39, 0.29) is 30.4 Å². The zero-order valence-corrected chi connectivity index (χ0v) is 20.6. The minimum atomic E-state index is -0.712. The van der Waals surface area contributed by atoms with Gasteiger partial charge in [0.2, 0.25) is 5.91 Å². The monoisotopic (exact) mass is 515 g/mol. The molecule has 1 atom stereocenters. The molecule has 0 fully saturated rings. The molecule has 0 spiro atoms. The molecule has 0 saturated heterocycles. The van der Waals surface area contributed by atoms with E-state index in [4.69, 9.17) is 21.1 Å². The summed E-state index contributed by atoms with van der Waals surface area (Å²) in [7, 11) is 1.50. The number of thioether (sulfide) groups is 1. The number of carbonyl (C=O) groups excluding carboxylic acids is 2. The first-order chi connectivity index (χ1) is 16.8. The van der Waals surface area contributed by atoms with Crippen molar-refractivity contribution in [1.82, 2.24) is 5.32 Å². The molecule has 0 saturated carbocycles. The molecule has 0 radical (unpaired) electrons. The molecular formula is C25H23ClFN3O4S. The largest absolute Gasteiger partial charge is 0.460 e. The number of nitrogens with one attached hydrogen (secondary N) is 2. The second-order valence-electron chi connectivity index (χ2n) is 7.48. The molecule has 10 heteroatoms. The summed E-state index contributed by atoms with van der Waals surface area (Å²) in [4.78, 5) is 25.4. The first-order valence-electron chi connectivity index (χ1n) is 10.6. The smallest absolute Gasteiger partial charge is 0.336 e. The standard InChI is InChI=1S/C25H23ClFN3O4S/c1-15-22(25(32)34-12-11-33-2)23(16-3-5-17(26)6-4-16)20(13-28)24(29-15)35-14-21(31)30-19-9-7-18(27)8-10-19/h3-10,23,29H,11-12,14H2,1-2H3,(H,30,31). The van der Waals surface area contributed by atoms with Crippen LogP contribution in [0.5, 0.6) is 0 Å². The summed E-state index contributed by atoms with van der Waals surface area (Å²) >= 11 is 7.17. The molecule has 35 heavy (non-hydrogen) atoms. The number of hydrogen-bond donors (Lipinski definition) is 2. The predicted molar refractivity (Wildman–Crippen MR) is 133 cm³/mol. The van der Waals surface area contributed by atoms with Gasteiger partial charge in [-0.3, -0.25) is 4.79 Å². The van der Waals surface area contributed by atoms with E-state index in [0.29, 0.717) is 32.6 Å². The number of rotatable bonds is 9. The van der Waals surface area contributed by atoms with Crippen LogP contribution in [0.4, 0.5) is 10.1 Å². The number of methoxy groups -OCH3 is 1. The Bertz CT molecular complexity index is 1190. The Kier molecular flexibility index (Phi) is 9.32. The summed E-state index contributed by atoms with van der Waals surface area (Å²) in [6, 6.07) is 14.5. The van der Waals surface area contributed by atoms with Crippen molar-refractivity contribution in [2.75, 3.05) is 31.4 Å². The average molecular weight is 516 g/mol. The molecule has 2 aromatic carbocycles. The van der Waals surface area contributed by atoms with Crippen LogP contribution in [0.25, 0.3) is 0 Å². The zero-order chi connectivity index (χ0) is 25.4. The van der Waals surface area contributed by atoms with E-state index >= 15 is 0 Å². The van der Waals surface area contributed by atoms with Gasteiger partial charge in [0.25, 0.3) is 0 Å². The van der Waals surface area contributed by atoms with Gasteiger partial charge < -0.3 is 20.1 Å². The van der Waals surface area contributed by atoms with Crippen molar-refractivity contribution >= 4 is 40.9 Å². The second-order valence-corrected chi connectivity index (χ2v) is 8.90. The zero-order valence-electron chi connectivity index (χ0n) is 19.1. The van der Waals surface area contributed by atoms with E-state index in [1.807, 2.05) is 0 Å². The third-order valence-electron chi connectivity index (χ3n) is 5.07. The van der Waals surface area contributed by atoms with E-state index in [1.165, 1.54) is 31.4 Å². The molecule has 182 valence electrons. The van der Waals surface area contributed by atoms with E-state index in [0.717, 1.165) is 11.8 Å². The van der Waals surface area contributed by atoms with Crippen molar-refractivity contribution in [3.05, 3.63) is 86.8 Å². The highest BCUT2D eigenvalue weighted by molar-refractivity contribution is 8.03. The molecule has 7 nitrogen and oxygen atoms in total. The normalized spacial score (nSPS) is 15.3. The maximum absolute atomic E-state index is 13.1. The molecule has 0 aliphatic carbocycles. The van der Waals surface area contributed by atoms with Crippen molar-refractivity contribution in [3.8, 4) is 6.07 Å². The van der Waals surface area contributed by atoms with Crippen molar-refractivity contribution in [1.29, 1.82) is 5.26 Å². The topological polar surface area (TPSA) is 100 Å². The minimum absolute atomic E-state index is 0.0148. The van der Waals surface area contributed by atoms with E-state index in [2.05, 4.69) is 16.7 Å². The van der Waals surface area contributed by atoms with E-state index in [1.54, 1.807) is 31.2 Å². The lowest BCUT2D eigenvalue weighted by Crippen LogP contribution is -2.29. The Morgan fingerprint density at radius 3 is 2.49 bits per heavy atom. The number of nitriles is 1. The number of carbonyl (C=O) groups is 2. The van der Waals surface area contributed by atoms with Gasteiger partial charge in [0.1, 0.15) is 12.4 Å². The van der Waals surface area contributed by atoms with Crippen LogP contribution in [0.3, 0.4) is 0 Å². The van der Waals surface area contributed by atoms with Crippen molar-refractivity contribution in [2.45, 2.75) is 12.8 Å². The molecule has 1 aliphatic heterocycles. The van der Waals surface area contributed by atoms with Crippen molar-refractivity contribution < 1.29 is 23.5 Å². The fourth-order valence-corrected chi connectivity index (χ4v) is 4.47. The van der Waals surface area contributed by atoms with Crippen LogP contribution >= 0.6 is 23.4 Å². The molecule has 3 rings (SSSR count). The second kappa shape index (κ2) is 12.4. The van der Waals surface area contributed by atoms with Gasteiger partial charge in [-0.15, -0.1) is 0 Å². The summed E-state index contributed by atoms with van der Waals surface area (Å²) in [6.45, 7) is 2.02. The van der Waals surface area contributed by atoms with Crippen LogP contribution in [0, 0.1) is 17.1 Å². The Labute approximate surface area is 211 Å². The van der Waals surface area contributed by atoms with Gasteiger partial charge in [-0.1, -0.05) is 35.5 Å². The Morgan fingerprint density at radius 2 is 1.86 bits per heavy atom. The summed E-state index contributed by atoms with van der Waals surface area (Å²) in [6.07, 6.45) is 0. The third kappa shape index (κ3) is 6.85. The minimum Gasteiger partial charge on any atom is -0.460 e. The number of anilines is 1. The van der Waals surface area contributed by atoms with Gasteiger partial charge in [0.05, 0.1) is 40.5 Å². The first kappa shape index (κ1) is 26.3. The van der Waals surface area contributed by atoms with Crippen LogP contribution in [-0.2, 0) is 19.1 Å². The van der Waals surface area contributed by atoms with Crippen LogP contribution in [0.15, 0.2) is 70.4 Å². The van der Waals surface area contributed by atoms with Crippen molar-refractivity contribution in [2.24, 2.45) is 0 Å². The lowest BCUT2D eigenvalue weighted by molar-refractivity contribution is -0.140. The Hall–Kier alpha value is -3.32. The highest BCUT2D eigenvalue weighted by Gasteiger charge is 2.35. The van der Waals surface area contributed by atoms with Crippen LogP contribution in [0.1, 0.15) is 18.4 Å². The molecule has 2 N–H and O–H groups in total. The maximum Gasteiger partial charge on any atom is 0.336 e. The summed E-state index contributed by atoms with van der Waals surface area (Å²) in [5.74, 6) is -2.03. The Balaban J connectivity index is 1.86. The van der Waals surface area contributed by atoms with Gasteiger partial charge in [0, 0.05) is 23.5 Å². The Morgan fingerprint density at radius 1 is 1.17 bits per heavy atom. The van der Waals surface area contributed by atoms with Crippen LogP contribution < -0.4 is 10.6 Å². The average Bonchev–Trinajstić information content (AvgIpc) is 2.84. The fraction of sp³-hybridized carbons (Fsp3) is 0.240. The summed E-state index contributed by atoms with van der Waals surface area (Å²) in [5.41, 5.74) is 2.21. The van der Waals surface area contributed by atoms with Gasteiger partial charge in [-0.2, -0.15) is 5.26 Å². The number of nitrogens with zero attached hydrogens (tertiary/aromatic N) is 1. The maximum atomic E-state index is 13.1. The number of benzene rings is 2. The number of dihydropyridines is 1. The van der Waals surface area contributed by atoms with Gasteiger partial charge in [0.15, 0.2) is 0 Å². The quantitative estimate of drug-likeness (QED) is 0.367. The van der Waals surface area contributed by atoms with Crippen LogP contribution in [0.2, 0.25) is 5.02 Å². The number of ether oxygens (including phenoxy) is 2. The third-order valence-corrected chi connectivity index (χ3v) is 6.34. The molecular weight excluding hydrogens is 493 g/mol. The van der Waals surface area contributed by atoms with Crippen LogP contribution in [-0.4, -0.2) is 38.0 Å². The molecule has 1 unspecified atom stereocenters. The molecule has 2 aromatic rings. The predicted octanol–water partition coefficient (Wildman–Crippen LogP) is 4.74. The lowest BCUT2D eigenvalue weighted by Gasteiger charge is -2.29. The van der Waals surface area contributed by atoms with E-state index in [9.17, 15) is 19.2 Å². The number of allylic oxidation sites excluding steroid dienone is 2. The molecule has 0 bridgehead atoms. The van der Waals surface area contributed by atoms with Crippen molar-refractivity contribution in [3.63, 3.8) is 0 Å². The molecule has 1 aliphatic rings. The molecule has 1 heterocycles. The van der Waals surface area contributed by atoms with Gasteiger partial charge in [-0.05, 0) is 48.9 Å². The molecule has 1 amide bonds.